The molecule has 0 radical (unpaired) electrons. The molecule has 2 aliphatic heterocycles. The van der Waals surface area contributed by atoms with Crippen LogP contribution in [0.4, 0.5) is 5.69 Å². The van der Waals surface area contributed by atoms with Crippen molar-refractivity contribution in [2.24, 2.45) is 4.99 Å². The molecule has 2 N–H and O–H groups in total. The second kappa shape index (κ2) is 15.1. The fraction of sp³-hybridized carbons (Fsp3) is 0.682. The number of aliphatic imine (C=N–C) groups is 1. The maximum absolute atomic E-state index is 6.12. The van der Waals surface area contributed by atoms with Crippen LogP contribution in [0.5, 0.6) is 0 Å². The zero-order chi connectivity index (χ0) is 21.0. The molecule has 1 atom stereocenters. The van der Waals surface area contributed by atoms with Crippen LogP contribution in [0, 0.1) is 0 Å². The quantitative estimate of drug-likeness (QED) is 0.197. The highest BCUT2D eigenvalue weighted by Gasteiger charge is 2.17. The van der Waals surface area contributed by atoms with Crippen LogP contribution in [0.25, 0.3) is 0 Å². The summed E-state index contributed by atoms with van der Waals surface area (Å²) in [5.41, 5.74) is 1.22. The highest BCUT2D eigenvalue weighted by atomic mass is 127. The van der Waals surface area contributed by atoms with Gasteiger partial charge >= 0.3 is 0 Å². The third kappa shape index (κ3) is 9.69. The maximum atomic E-state index is 6.12. The van der Waals surface area contributed by atoms with Gasteiger partial charge in [-0.15, -0.1) is 24.0 Å². The molecule has 176 valence electrons. The van der Waals surface area contributed by atoms with Crippen molar-refractivity contribution in [1.29, 1.82) is 0 Å². The second-order valence-electron chi connectivity index (χ2n) is 7.80. The maximum Gasteiger partial charge on any atom is 0.190 e. The van der Waals surface area contributed by atoms with Gasteiger partial charge < -0.3 is 25.0 Å². The largest absolute Gasteiger partial charge is 0.379 e. The highest BCUT2D eigenvalue weighted by molar-refractivity contribution is 14.0. The number of piperazine rings is 1. The van der Waals surface area contributed by atoms with Gasteiger partial charge in [-0.05, 0) is 44.0 Å². The lowest BCUT2D eigenvalue weighted by molar-refractivity contribution is 0.0420. The Morgan fingerprint density at radius 1 is 1.19 bits per heavy atom. The summed E-state index contributed by atoms with van der Waals surface area (Å²) < 4.78 is 11.1. The number of benzene rings is 1. The van der Waals surface area contributed by atoms with E-state index in [-0.39, 0.29) is 30.1 Å². The van der Waals surface area contributed by atoms with E-state index in [1.165, 1.54) is 5.69 Å². The molecule has 2 aliphatic rings. The van der Waals surface area contributed by atoms with Gasteiger partial charge in [0.2, 0.25) is 0 Å². The van der Waals surface area contributed by atoms with Crippen molar-refractivity contribution in [3.63, 3.8) is 0 Å². The van der Waals surface area contributed by atoms with Crippen molar-refractivity contribution in [2.45, 2.75) is 25.4 Å². The molecule has 31 heavy (non-hydrogen) atoms. The summed E-state index contributed by atoms with van der Waals surface area (Å²) in [4.78, 5) is 9.24. The van der Waals surface area contributed by atoms with Gasteiger partial charge in [0, 0.05) is 70.2 Å². The van der Waals surface area contributed by atoms with Gasteiger partial charge in [-0.25, -0.2) is 0 Å². The lowest BCUT2D eigenvalue weighted by atomic mass is 10.2. The van der Waals surface area contributed by atoms with Crippen molar-refractivity contribution >= 4 is 47.2 Å². The second-order valence-corrected chi connectivity index (χ2v) is 8.23. The first-order valence-electron chi connectivity index (χ1n) is 11.1. The Balaban J connectivity index is 0.00000341. The van der Waals surface area contributed by atoms with Crippen molar-refractivity contribution in [3.8, 4) is 0 Å². The van der Waals surface area contributed by atoms with Gasteiger partial charge in [0.05, 0.1) is 12.7 Å². The van der Waals surface area contributed by atoms with Crippen LogP contribution in [-0.2, 0) is 9.47 Å². The predicted molar refractivity (Wildman–Crippen MR) is 139 cm³/mol. The summed E-state index contributed by atoms with van der Waals surface area (Å²) in [6, 6.07) is 8.14. The fourth-order valence-corrected chi connectivity index (χ4v) is 3.99. The van der Waals surface area contributed by atoms with Crippen LogP contribution in [0.1, 0.15) is 19.3 Å². The van der Waals surface area contributed by atoms with Crippen LogP contribution in [0.3, 0.4) is 0 Å². The molecule has 0 amide bonds. The molecule has 2 heterocycles. The van der Waals surface area contributed by atoms with Crippen LogP contribution < -0.4 is 15.5 Å². The number of rotatable bonds is 10. The SMILES string of the molecule is CN=C(NCCCOC1CCOC1)NCCCN1CCN(c2cccc(Cl)c2)CC1.I. The van der Waals surface area contributed by atoms with Crippen LogP contribution in [0.15, 0.2) is 29.3 Å². The smallest absolute Gasteiger partial charge is 0.190 e. The molecular weight excluding hydrogens is 529 g/mol. The number of nitrogens with one attached hydrogen (secondary N) is 2. The Bertz CT molecular complexity index is 653. The molecule has 9 heteroatoms. The molecule has 0 aliphatic carbocycles. The van der Waals surface area contributed by atoms with E-state index in [4.69, 9.17) is 21.1 Å². The van der Waals surface area contributed by atoms with Crippen LogP contribution >= 0.6 is 35.6 Å². The van der Waals surface area contributed by atoms with E-state index < -0.39 is 0 Å². The normalized spacial score (nSPS) is 19.9. The zero-order valence-electron chi connectivity index (χ0n) is 18.5. The Kier molecular flexibility index (Phi) is 12.9. The number of anilines is 1. The van der Waals surface area contributed by atoms with Crippen LogP contribution in [0.2, 0.25) is 5.02 Å². The van der Waals surface area contributed by atoms with Crippen LogP contribution in [-0.4, -0.2) is 89.6 Å². The molecule has 0 saturated carbocycles. The minimum absolute atomic E-state index is 0. The summed E-state index contributed by atoms with van der Waals surface area (Å²) in [6.07, 6.45) is 3.37. The van der Waals surface area contributed by atoms with E-state index >= 15 is 0 Å². The Labute approximate surface area is 208 Å². The average Bonchev–Trinajstić information content (AvgIpc) is 3.29. The minimum Gasteiger partial charge on any atom is -0.379 e. The first-order valence-corrected chi connectivity index (χ1v) is 11.5. The van der Waals surface area contributed by atoms with Gasteiger partial charge in [0.25, 0.3) is 0 Å². The van der Waals surface area contributed by atoms with Gasteiger partial charge in [0.1, 0.15) is 0 Å². The Hall–Kier alpha value is -0.810. The monoisotopic (exact) mass is 565 g/mol. The average molecular weight is 566 g/mol. The number of ether oxygens (including phenoxy) is 2. The van der Waals surface area contributed by atoms with E-state index in [1.54, 1.807) is 0 Å². The molecule has 1 unspecified atom stereocenters. The highest BCUT2D eigenvalue weighted by Crippen LogP contribution is 2.20. The first kappa shape index (κ1) is 26.4. The summed E-state index contributed by atoms with van der Waals surface area (Å²) >= 11 is 6.12. The third-order valence-electron chi connectivity index (χ3n) is 5.57. The van der Waals surface area contributed by atoms with E-state index in [0.29, 0.717) is 0 Å². The predicted octanol–water partition coefficient (Wildman–Crippen LogP) is 2.83. The molecule has 7 nitrogen and oxygen atoms in total. The number of halogens is 2. The topological polar surface area (TPSA) is 61.4 Å². The molecule has 1 aromatic carbocycles. The molecule has 0 bridgehead atoms. The summed E-state index contributed by atoms with van der Waals surface area (Å²) in [5.74, 6) is 0.866. The van der Waals surface area contributed by atoms with Crippen molar-refractivity contribution < 1.29 is 9.47 Å². The molecule has 2 fully saturated rings. The zero-order valence-corrected chi connectivity index (χ0v) is 21.6. The molecule has 3 rings (SSSR count). The Morgan fingerprint density at radius 2 is 1.97 bits per heavy atom. The van der Waals surface area contributed by atoms with Gasteiger partial charge in [-0.2, -0.15) is 0 Å². The van der Waals surface area contributed by atoms with Crippen molar-refractivity contribution in [2.75, 3.05) is 77.6 Å². The summed E-state index contributed by atoms with van der Waals surface area (Å²) in [7, 11) is 1.82. The van der Waals surface area contributed by atoms with Gasteiger partial charge in [-0.3, -0.25) is 9.89 Å². The van der Waals surface area contributed by atoms with E-state index in [2.05, 4.69) is 37.6 Å². The van der Waals surface area contributed by atoms with E-state index in [1.807, 2.05) is 19.2 Å². The lowest BCUT2D eigenvalue weighted by Crippen LogP contribution is -2.47. The molecule has 0 spiro atoms. The van der Waals surface area contributed by atoms with Crippen molar-refractivity contribution in [1.82, 2.24) is 15.5 Å². The minimum atomic E-state index is 0. The third-order valence-corrected chi connectivity index (χ3v) is 5.80. The number of hydrogen-bond donors (Lipinski definition) is 2. The molecular formula is C22H37ClIN5O2. The fourth-order valence-electron chi connectivity index (χ4n) is 3.81. The lowest BCUT2D eigenvalue weighted by Gasteiger charge is -2.36. The standard InChI is InChI=1S/C22H36ClN5O2.HI/c1-24-22(26-9-4-15-30-21-7-16-29-18-21)25-8-3-10-27-11-13-28(14-12-27)20-6-2-5-19(23)17-20;/h2,5-6,17,21H,3-4,7-16,18H2,1H3,(H2,24,25,26);1H. The summed E-state index contributed by atoms with van der Waals surface area (Å²) in [5, 5.41) is 7.57. The summed E-state index contributed by atoms with van der Waals surface area (Å²) in [6.45, 7) is 9.49. The molecule has 0 aromatic heterocycles. The van der Waals surface area contributed by atoms with Gasteiger partial charge in [-0.1, -0.05) is 17.7 Å². The number of hydrogen-bond acceptors (Lipinski definition) is 5. The molecule has 1 aromatic rings. The van der Waals surface area contributed by atoms with Gasteiger partial charge in [0.15, 0.2) is 5.96 Å². The Morgan fingerprint density at radius 3 is 2.65 bits per heavy atom. The number of nitrogens with zero attached hydrogens (tertiary/aromatic N) is 3. The van der Waals surface area contributed by atoms with E-state index in [9.17, 15) is 0 Å². The number of guanidine groups is 1. The molecule has 2 saturated heterocycles. The van der Waals surface area contributed by atoms with Crippen molar-refractivity contribution in [3.05, 3.63) is 29.3 Å². The van der Waals surface area contributed by atoms with E-state index in [0.717, 1.165) is 95.9 Å². The first-order chi connectivity index (χ1) is 14.7.